The van der Waals surface area contributed by atoms with Crippen LogP contribution in [0.3, 0.4) is 0 Å². The van der Waals surface area contributed by atoms with E-state index in [1.807, 2.05) is 19.0 Å². The van der Waals surface area contributed by atoms with Gasteiger partial charge in [0, 0.05) is 6.54 Å². The minimum atomic E-state index is -1.09. The van der Waals surface area contributed by atoms with Crippen molar-refractivity contribution in [2.45, 2.75) is 50.9 Å². The van der Waals surface area contributed by atoms with Gasteiger partial charge in [-0.15, -0.1) is 0 Å². The van der Waals surface area contributed by atoms with E-state index in [1.54, 1.807) is 10.9 Å². The monoisotopic (exact) mass is 315 g/mol. The summed E-state index contributed by atoms with van der Waals surface area (Å²) in [4.78, 5) is 2.04. The molecule has 0 radical (unpaired) electrons. The molecule has 1 atom stereocenters. The molecule has 21 heavy (non-hydrogen) atoms. The van der Waals surface area contributed by atoms with Crippen molar-refractivity contribution in [3.63, 3.8) is 0 Å². The maximum Gasteiger partial charge on any atom is 0.126 e. The Kier molecular flexibility index (Phi) is 5.30. The highest BCUT2D eigenvalue weighted by Gasteiger charge is 2.41. The van der Waals surface area contributed by atoms with Crippen LogP contribution in [0.2, 0.25) is 5.02 Å². The molecule has 1 aromatic rings. The van der Waals surface area contributed by atoms with Crippen LogP contribution in [0.4, 0.5) is 0 Å². The number of nitrogens with zero attached hydrogens (tertiary/aromatic N) is 3. The summed E-state index contributed by atoms with van der Waals surface area (Å²) in [6.45, 7) is 3.62. The summed E-state index contributed by atoms with van der Waals surface area (Å²) in [6, 6.07) is 0. The number of aliphatic hydroxyl groups excluding tert-OH is 1. The molecule has 1 aliphatic carbocycles. The van der Waals surface area contributed by atoms with Gasteiger partial charge in [0.2, 0.25) is 0 Å². The Hall–Kier alpha value is -0.620. The summed E-state index contributed by atoms with van der Waals surface area (Å²) in [5.41, 5.74) is -0.554. The van der Waals surface area contributed by atoms with E-state index in [0.29, 0.717) is 36.0 Å². The quantitative estimate of drug-likeness (QED) is 0.873. The van der Waals surface area contributed by atoms with E-state index in [2.05, 4.69) is 12.0 Å². The fourth-order valence-electron chi connectivity index (χ4n) is 2.91. The van der Waals surface area contributed by atoms with Gasteiger partial charge in [-0.05, 0) is 45.7 Å². The Morgan fingerprint density at radius 2 is 2.10 bits per heavy atom. The Bertz CT molecular complexity index is 467. The molecule has 1 heterocycles. The minimum absolute atomic E-state index is 0.424. The van der Waals surface area contributed by atoms with Crippen LogP contribution in [0.25, 0.3) is 0 Å². The van der Waals surface area contributed by atoms with E-state index in [9.17, 15) is 10.2 Å². The first kappa shape index (κ1) is 16.7. The van der Waals surface area contributed by atoms with E-state index in [0.717, 1.165) is 19.4 Å². The molecule has 0 aromatic carbocycles. The zero-order valence-electron chi connectivity index (χ0n) is 13.1. The zero-order chi connectivity index (χ0) is 15.6. The van der Waals surface area contributed by atoms with Crippen molar-refractivity contribution >= 4 is 11.6 Å². The first-order chi connectivity index (χ1) is 9.83. The van der Waals surface area contributed by atoms with Crippen molar-refractivity contribution in [3.05, 3.63) is 16.9 Å². The second-order valence-electron chi connectivity index (χ2n) is 6.59. The smallest absolute Gasteiger partial charge is 0.126 e. The molecular weight excluding hydrogens is 290 g/mol. The van der Waals surface area contributed by atoms with E-state index in [4.69, 9.17) is 11.6 Å². The maximum atomic E-state index is 10.8. The van der Waals surface area contributed by atoms with Crippen LogP contribution in [-0.4, -0.2) is 51.1 Å². The number of hydrogen-bond donors (Lipinski definition) is 2. The number of halogens is 1. The zero-order valence-corrected chi connectivity index (χ0v) is 13.8. The Morgan fingerprint density at radius 1 is 1.48 bits per heavy atom. The van der Waals surface area contributed by atoms with Gasteiger partial charge in [-0.1, -0.05) is 18.5 Å². The second kappa shape index (κ2) is 6.65. The average molecular weight is 316 g/mol. The Labute approximate surface area is 131 Å². The van der Waals surface area contributed by atoms with Crippen LogP contribution < -0.4 is 0 Å². The molecule has 0 bridgehead atoms. The molecule has 1 aliphatic rings. The molecule has 0 aliphatic heterocycles. The largest absolute Gasteiger partial charge is 0.387 e. The van der Waals surface area contributed by atoms with Crippen molar-refractivity contribution in [2.24, 2.45) is 5.92 Å². The molecule has 0 amide bonds. The summed E-state index contributed by atoms with van der Waals surface area (Å²) < 4.78 is 1.71. The first-order valence-electron chi connectivity index (χ1n) is 7.60. The van der Waals surface area contributed by atoms with Crippen LogP contribution in [0.1, 0.15) is 44.4 Å². The van der Waals surface area contributed by atoms with Gasteiger partial charge in [-0.25, -0.2) is 0 Å². The minimum Gasteiger partial charge on any atom is -0.387 e. The third-order valence-corrected chi connectivity index (χ3v) is 4.79. The number of aromatic nitrogens is 2. The number of hydrogen-bond acceptors (Lipinski definition) is 4. The third kappa shape index (κ3) is 3.77. The van der Waals surface area contributed by atoms with Gasteiger partial charge in [-0.2, -0.15) is 5.10 Å². The highest BCUT2D eigenvalue weighted by Crippen LogP contribution is 2.41. The lowest BCUT2D eigenvalue weighted by atomic mass is 9.76. The van der Waals surface area contributed by atoms with Crippen molar-refractivity contribution in [3.8, 4) is 0 Å². The van der Waals surface area contributed by atoms with Crippen molar-refractivity contribution < 1.29 is 10.2 Å². The number of aliphatic hydroxyl groups is 2. The topological polar surface area (TPSA) is 61.5 Å². The van der Waals surface area contributed by atoms with E-state index in [1.165, 1.54) is 0 Å². The highest BCUT2D eigenvalue weighted by molar-refractivity contribution is 6.31. The van der Waals surface area contributed by atoms with Crippen molar-refractivity contribution in [2.75, 3.05) is 20.6 Å². The van der Waals surface area contributed by atoms with E-state index in [-0.39, 0.29) is 0 Å². The third-order valence-electron chi connectivity index (χ3n) is 4.50. The van der Waals surface area contributed by atoms with E-state index < -0.39 is 11.7 Å². The molecule has 120 valence electrons. The molecule has 0 spiro atoms. The molecule has 2 rings (SSSR count). The van der Waals surface area contributed by atoms with Crippen LogP contribution in [-0.2, 0) is 6.54 Å². The summed E-state index contributed by atoms with van der Waals surface area (Å²) in [5, 5.41) is 26.2. The fraction of sp³-hybridized carbons (Fsp3) is 0.800. The first-order valence-corrected chi connectivity index (χ1v) is 7.97. The summed E-state index contributed by atoms with van der Waals surface area (Å²) in [7, 11) is 3.97. The van der Waals surface area contributed by atoms with Crippen molar-refractivity contribution in [1.29, 1.82) is 0 Å². The molecule has 2 N–H and O–H groups in total. The lowest BCUT2D eigenvalue weighted by molar-refractivity contribution is -0.108. The molecular formula is C15H26ClN3O2. The Morgan fingerprint density at radius 3 is 2.67 bits per heavy atom. The molecule has 1 unspecified atom stereocenters. The normalized spacial score (nSPS) is 28.0. The lowest BCUT2D eigenvalue weighted by Gasteiger charge is -2.38. The van der Waals surface area contributed by atoms with Gasteiger partial charge in [0.05, 0.1) is 29.1 Å². The van der Waals surface area contributed by atoms with Crippen LogP contribution in [0, 0.1) is 5.92 Å². The van der Waals surface area contributed by atoms with Crippen LogP contribution in [0.5, 0.6) is 0 Å². The van der Waals surface area contributed by atoms with Gasteiger partial charge in [0.1, 0.15) is 6.10 Å². The SMILES string of the molecule is CC1CCC(O)(C(O)c2c(Cl)cnn2CCN(C)C)CC1. The van der Waals surface area contributed by atoms with Crippen LogP contribution >= 0.6 is 11.6 Å². The number of rotatable bonds is 5. The molecule has 1 fully saturated rings. The van der Waals surface area contributed by atoms with Crippen LogP contribution in [0.15, 0.2) is 6.20 Å². The van der Waals surface area contributed by atoms with Crippen molar-refractivity contribution in [1.82, 2.24) is 14.7 Å². The molecule has 1 aromatic heterocycles. The standard InChI is InChI=1S/C15H26ClN3O2/c1-11-4-6-15(21,7-5-11)14(20)13-12(16)10-17-19(13)9-8-18(2)3/h10-11,14,20-21H,4-9H2,1-3H3. The predicted octanol–water partition coefficient (Wildman–Crippen LogP) is 2.07. The van der Waals surface area contributed by atoms with Gasteiger partial charge >= 0.3 is 0 Å². The van der Waals surface area contributed by atoms with E-state index >= 15 is 0 Å². The second-order valence-corrected chi connectivity index (χ2v) is 7.00. The maximum absolute atomic E-state index is 10.8. The highest BCUT2D eigenvalue weighted by atomic mass is 35.5. The average Bonchev–Trinajstić information content (AvgIpc) is 2.80. The van der Waals surface area contributed by atoms with Gasteiger partial charge < -0.3 is 15.1 Å². The summed E-state index contributed by atoms with van der Waals surface area (Å²) >= 11 is 6.20. The predicted molar refractivity (Wildman–Crippen MR) is 83.3 cm³/mol. The Balaban J connectivity index is 2.18. The molecule has 5 nitrogen and oxygen atoms in total. The molecule has 6 heteroatoms. The molecule has 0 saturated heterocycles. The molecule has 1 saturated carbocycles. The van der Waals surface area contributed by atoms with Gasteiger partial charge in [0.15, 0.2) is 0 Å². The summed E-state index contributed by atoms with van der Waals surface area (Å²) in [5.74, 6) is 0.603. The lowest BCUT2D eigenvalue weighted by Crippen LogP contribution is -2.41. The number of likely N-dealkylation sites (N-methyl/N-ethyl adjacent to an activating group) is 1. The fourth-order valence-corrected chi connectivity index (χ4v) is 3.15. The van der Waals surface area contributed by atoms with Gasteiger partial charge in [-0.3, -0.25) is 4.68 Å². The van der Waals surface area contributed by atoms with Gasteiger partial charge in [0.25, 0.3) is 0 Å². The summed E-state index contributed by atoms with van der Waals surface area (Å²) in [6.07, 6.45) is 3.62.